The molecule has 1 aliphatic rings. The molecule has 0 saturated heterocycles. The Bertz CT molecular complexity index is 392. The fourth-order valence-corrected chi connectivity index (χ4v) is 3.26. The molecule has 19 heavy (non-hydrogen) atoms. The van der Waals surface area contributed by atoms with Crippen LogP contribution in [0.1, 0.15) is 55.2 Å². The predicted octanol–water partition coefficient (Wildman–Crippen LogP) is 3.65. The van der Waals surface area contributed by atoms with E-state index in [1.165, 1.54) is 55.2 Å². The van der Waals surface area contributed by atoms with Gasteiger partial charge in [-0.25, -0.2) is 0 Å². The summed E-state index contributed by atoms with van der Waals surface area (Å²) < 4.78 is 0. The average Bonchev–Trinajstić information content (AvgIpc) is 2.69. The average molecular weight is 260 g/mol. The summed E-state index contributed by atoms with van der Waals surface area (Å²) in [5.41, 5.74) is 7.25. The summed E-state index contributed by atoms with van der Waals surface area (Å²) in [6.07, 6.45) is 9.27. The maximum atomic E-state index is 5.82. The first-order valence-corrected chi connectivity index (χ1v) is 7.73. The second-order valence-electron chi connectivity index (χ2n) is 6.15. The van der Waals surface area contributed by atoms with E-state index in [0.29, 0.717) is 6.04 Å². The minimum atomic E-state index is 0.431. The van der Waals surface area contributed by atoms with Gasteiger partial charge in [-0.15, -0.1) is 0 Å². The van der Waals surface area contributed by atoms with Crippen LogP contribution in [0.4, 0.5) is 0 Å². The Labute approximate surface area is 117 Å². The van der Waals surface area contributed by atoms with Crippen molar-refractivity contribution in [3.05, 3.63) is 34.9 Å². The summed E-state index contributed by atoms with van der Waals surface area (Å²) in [4.78, 5) is 0. The van der Waals surface area contributed by atoms with E-state index in [0.717, 1.165) is 12.3 Å². The van der Waals surface area contributed by atoms with Gasteiger partial charge in [-0.3, -0.25) is 11.3 Å². The minimum Gasteiger partial charge on any atom is -0.271 e. The van der Waals surface area contributed by atoms with Gasteiger partial charge >= 0.3 is 0 Å². The number of benzene rings is 1. The molecule has 0 radical (unpaired) electrons. The quantitative estimate of drug-likeness (QED) is 0.493. The molecule has 106 valence electrons. The third kappa shape index (κ3) is 4.05. The SMILES string of the molecule is Cc1ccc(CC(NN)C2CCCCCC2)cc1C. The summed E-state index contributed by atoms with van der Waals surface area (Å²) in [6.45, 7) is 4.36. The molecule has 1 unspecified atom stereocenters. The standard InChI is InChI=1S/C17H28N2/c1-13-9-10-15(11-14(13)2)12-17(19-18)16-7-5-3-4-6-8-16/h9-11,16-17,19H,3-8,12,18H2,1-2H3. The van der Waals surface area contributed by atoms with Crippen molar-refractivity contribution in [2.45, 2.75) is 64.8 Å². The third-order valence-corrected chi connectivity index (χ3v) is 4.71. The third-order valence-electron chi connectivity index (χ3n) is 4.71. The van der Waals surface area contributed by atoms with Crippen LogP contribution in [-0.4, -0.2) is 6.04 Å². The number of hydrogen-bond donors (Lipinski definition) is 2. The van der Waals surface area contributed by atoms with Gasteiger partial charge in [0.2, 0.25) is 0 Å². The highest BCUT2D eigenvalue weighted by Crippen LogP contribution is 2.27. The largest absolute Gasteiger partial charge is 0.271 e. The summed E-state index contributed by atoms with van der Waals surface area (Å²) in [7, 11) is 0. The molecular formula is C17H28N2. The first-order valence-electron chi connectivity index (χ1n) is 7.73. The molecule has 0 aromatic heterocycles. The van der Waals surface area contributed by atoms with Gasteiger partial charge in [0.15, 0.2) is 0 Å². The molecule has 1 aromatic carbocycles. The lowest BCUT2D eigenvalue weighted by Gasteiger charge is -2.25. The second-order valence-corrected chi connectivity index (χ2v) is 6.15. The number of nitrogens with one attached hydrogen (secondary N) is 1. The molecule has 0 bridgehead atoms. The van der Waals surface area contributed by atoms with Gasteiger partial charge in [-0.1, -0.05) is 43.9 Å². The zero-order valence-corrected chi connectivity index (χ0v) is 12.4. The number of hydrogen-bond acceptors (Lipinski definition) is 2. The zero-order valence-electron chi connectivity index (χ0n) is 12.4. The van der Waals surface area contributed by atoms with Crippen molar-refractivity contribution in [2.75, 3.05) is 0 Å². The highest BCUT2D eigenvalue weighted by Gasteiger charge is 2.22. The number of hydrazine groups is 1. The fraction of sp³-hybridized carbons (Fsp3) is 0.647. The lowest BCUT2D eigenvalue weighted by atomic mass is 9.87. The van der Waals surface area contributed by atoms with E-state index < -0.39 is 0 Å². The Hall–Kier alpha value is -0.860. The lowest BCUT2D eigenvalue weighted by Crippen LogP contribution is -2.42. The van der Waals surface area contributed by atoms with Gasteiger partial charge in [-0.2, -0.15) is 0 Å². The fourth-order valence-electron chi connectivity index (χ4n) is 3.26. The molecule has 2 heteroatoms. The van der Waals surface area contributed by atoms with Gasteiger partial charge < -0.3 is 0 Å². The van der Waals surface area contributed by atoms with Crippen molar-refractivity contribution >= 4 is 0 Å². The minimum absolute atomic E-state index is 0.431. The van der Waals surface area contributed by atoms with Crippen LogP contribution in [-0.2, 0) is 6.42 Å². The first kappa shape index (κ1) is 14.5. The molecular weight excluding hydrogens is 232 g/mol. The van der Waals surface area contributed by atoms with Crippen molar-refractivity contribution in [1.82, 2.24) is 5.43 Å². The van der Waals surface area contributed by atoms with Crippen LogP contribution in [0.3, 0.4) is 0 Å². The number of nitrogens with two attached hydrogens (primary N) is 1. The number of rotatable bonds is 4. The van der Waals surface area contributed by atoms with Crippen LogP contribution in [0.2, 0.25) is 0 Å². The van der Waals surface area contributed by atoms with Gasteiger partial charge in [-0.05, 0) is 55.7 Å². The molecule has 2 nitrogen and oxygen atoms in total. The molecule has 1 aromatic rings. The van der Waals surface area contributed by atoms with Gasteiger partial charge in [0, 0.05) is 6.04 Å². The summed E-state index contributed by atoms with van der Waals surface area (Å²) >= 11 is 0. The van der Waals surface area contributed by atoms with Crippen LogP contribution in [0.25, 0.3) is 0 Å². The molecule has 0 aliphatic heterocycles. The lowest BCUT2D eigenvalue weighted by molar-refractivity contribution is 0.320. The van der Waals surface area contributed by atoms with Gasteiger partial charge in [0.05, 0.1) is 0 Å². The molecule has 0 heterocycles. The van der Waals surface area contributed by atoms with Gasteiger partial charge in [0.1, 0.15) is 0 Å². The van der Waals surface area contributed by atoms with Crippen molar-refractivity contribution in [2.24, 2.45) is 11.8 Å². The van der Waals surface area contributed by atoms with Crippen molar-refractivity contribution in [1.29, 1.82) is 0 Å². The monoisotopic (exact) mass is 260 g/mol. The second kappa shape index (κ2) is 7.06. The normalized spacial score (nSPS) is 19.1. The van der Waals surface area contributed by atoms with E-state index in [9.17, 15) is 0 Å². The Morgan fingerprint density at radius 1 is 1.11 bits per heavy atom. The van der Waals surface area contributed by atoms with Crippen molar-refractivity contribution in [3.8, 4) is 0 Å². The van der Waals surface area contributed by atoms with E-state index in [1.54, 1.807) is 0 Å². The highest BCUT2D eigenvalue weighted by molar-refractivity contribution is 5.30. The van der Waals surface area contributed by atoms with E-state index in [4.69, 9.17) is 5.84 Å². The van der Waals surface area contributed by atoms with E-state index in [-0.39, 0.29) is 0 Å². The maximum absolute atomic E-state index is 5.82. The van der Waals surface area contributed by atoms with Crippen LogP contribution in [0, 0.1) is 19.8 Å². The molecule has 1 atom stereocenters. The van der Waals surface area contributed by atoms with E-state index >= 15 is 0 Å². The molecule has 2 rings (SSSR count). The maximum Gasteiger partial charge on any atom is 0.0279 e. The van der Waals surface area contributed by atoms with Gasteiger partial charge in [0.25, 0.3) is 0 Å². The van der Waals surface area contributed by atoms with Crippen molar-refractivity contribution < 1.29 is 0 Å². The highest BCUT2D eigenvalue weighted by atomic mass is 15.2. The summed E-state index contributed by atoms with van der Waals surface area (Å²) in [5.74, 6) is 6.56. The zero-order chi connectivity index (χ0) is 13.7. The van der Waals surface area contributed by atoms with Crippen LogP contribution in [0.15, 0.2) is 18.2 Å². The Morgan fingerprint density at radius 2 is 1.79 bits per heavy atom. The molecule has 1 fully saturated rings. The van der Waals surface area contributed by atoms with E-state index in [1.807, 2.05) is 0 Å². The topological polar surface area (TPSA) is 38.0 Å². The molecule has 0 amide bonds. The Balaban J connectivity index is 2.02. The molecule has 3 N–H and O–H groups in total. The van der Waals surface area contributed by atoms with Crippen LogP contribution < -0.4 is 11.3 Å². The molecule has 1 aliphatic carbocycles. The predicted molar refractivity (Wildman–Crippen MR) is 81.9 cm³/mol. The first-order chi connectivity index (χ1) is 9.20. The van der Waals surface area contributed by atoms with Crippen molar-refractivity contribution in [3.63, 3.8) is 0 Å². The Kier molecular flexibility index (Phi) is 5.41. The van der Waals surface area contributed by atoms with Crippen LogP contribution >= 0.6 is 0 Å². The smallest absolute Gasteiger partial charge is 0.0279 e. The van der Waals surface area contributed by atoms with E-state index in [2.05, 4.69) is 37.5 Å². The Morgan fingerprint density at radius 3 is 2.37 bits per heavy atom. The molecule has 0 spiro atoms. The van der Waals surface area contributed by atoms with Crippen LogP contribution in [0.5, 0.6) is 0 Å². The molecule has 1 saturated carbocycles. The summed E-state index contributed by atoms with van der Waals surface area (Å²) in [6, 6.07) is 7.23. The number of aryl methyl sites for hydroxylation is 2. The summed E-state index contributed by atoms with van der Waals surface area (Å²) in [5, 5.41) is 0.